The predicted octanol–water partition coefficient (Wildman–Crippen LogP) is -1.12. The van der Waals surface area contributed by atoms with E-state index in [0.29, 0.717) is 0 Å². The Bertz CT molecular complexity index is 124. The van der Waals surface area contributed by atoms with Gasteiger partial charge in [-0.3, -0.25) is 0 Å². The first-order valence-electron chi connectivity index (χ1n) is 3.73. The van der Waals surface area contributed by atoms with Crippen molar-refractivity contribution in [2.75, 3.05) is 0 Å². The quantitative estimate of drug-likeness (QED) is 0.422. The molecule has 0 amide bonds. The monoisotopic (exact) mass is 162 g/mol. The molecular formula is C7H14O4. The molecule has 1 rings (SSSR count). The molecule has 1 fully saturated rings. The summed E-state index contributed by atoms with van der Waals surface area (Å²) >= 11 is 0. The summed E-state index contributed by atoms with van der Waals surface area (Å²) in [4.78, 5) is 0. The molecule has 0 aliphatic carbocycles. The molecule has 0 aromatic rings. The first-order valence-corrected chi connectivity index (χ1v) is 3.73. The van der Waals surface area contributed by atoms with Crippen LogP contribution in [0, 0.1) is 0 Å². The molecule has 1 aliphatic rings. The Balaban J connectivity index is 2.63. The van der Waals surface area contributed by atoms with Crippen molar-refractivity contribution in [3.05, 3.63) is 0 Å². The minimum Gasteiger partial charge on any atom is -0.388 e. The summed E-state index contributed by atoms with van der Waals surface area (Å²) in [6.45, 7) is 3.33. The number of hydrogen-bond acceptors (Lipinski definition) is 4. The molecule has 0 radical (unpaired) electrons. The fourth-order valence-electron chi connectivity index (χ4n) is 1.26. The van der Waals surface area contributed by atoms with Gasteiger partial charge in [-0.25, -0.2) is 0 Å². The minimum atomic E-state index is -1.09. The van der Waals surface area contributed by atoms with Gasteiger partial charge in [-0.15, -0.1) is 0 Å². The van der Waals surface area contributed by atoms with E-state index in [-0.39, 0.29) is 0 Å². The van der Waals surface area contributed by atoms with Crippen molar-refractivity contribution < 1.29 is 20.1 Å². The van der Waals surface area contributed by atoms with Crippen LogP contribution < -0.4 is 0 Å². The Hall–Kier alpha value is -0.160. The third-order valence-electron chi connectivity index (χ3n) is 2.09. The van der Waals surface area contributed by atoms with E-state index in [2.05, 4.69) is 0 Å². The lowest BCUT2D eigenvalue weighted by Crippen LogP contribution is -2.55. The Kier molecular flexibility index (Phi) is 2.49. The van der Waals surface area contributed by atoms with Crippen LogP contribution >= 0.6 is 0 Å². The van der Waals surface area contributed by atoms with Crippen LogP contribution in [-0.2, 0) is 4.74 Å². The van der Waals surface area contributed by atoms with Crippen LogP contribution in [0.5, 0.6) is 0 Å². The molecule has 0 aromatic heterocycles. The van der Waals surface area contributed by atoms with E-state index in [0.717, 1.165) is 0 Å². The molecule has 0 spiro atoms. The van der Waals surface area contributed by atoms with E-state index < -0.39 is 30.5 Å². The van der Waals surface area contributed by atoms with E-state index >= 15 is 0 Å². The molecule has 4 nitrogen and oxygen atoms in total. The highest BCUT2D eigenvalue weighted by atomic mass is 16.5. The second-order valence-corrected chi connectivity index (χ2v) is 3.02. The van der Waals surface area contributed by atoms with Gasteiger partial charge in [0.25, 0.3) is 0 Å². The molecule has 1 saturated heterocycles. The maximum absolute atomic E-state index is 9.21. The average molecular weight is 162 g/mol. The third kappa shape index (κ3) is 1.54. The van der Waals surface area contributed by atoms with Gasteiger partial charge in [0.15, 0.2) is 0 Å². The van der Waals surface area contributed by atoms with Crippen molar-refractivity contribution in [2.45, 2.75) is 44.4 Å². The summed E-state index contributed by atoms with van der Waals surface area (Å²) in [5, 5.41) is 27.6. The zero-order valence-corrected chi connectivity index (χ0v) is 6.64. The van der Waals surface area contributed by atoms with Crippen molar-refractivity contribution >= 4 is 0 Å². The maximum atomic E-state index is 9.21. The van der Waals surface area contributed by atoms with Gasteiger partial charge in [0, 0.05) is 0 Å². The van der Waals surface area contributed by atoms with E-state index in [1.165, 1.54) is 0 Å². The summed E-state index contributed by atoms with van der Waals surface area (Å²) in [7, 11) is 0. The third-order valence-corrected chi connectivity index (χ3v) is 2.09. The zero-order valence-electron chi connectivity index (χ0n) is 6.64. The van der Waals surface area contributed by atoms with Crippen LogP contribution in [0.3, 0.4) is 0 Å². The fraction of sp³-hybridized carbons (Fsp3) is 1.00. The molecule has 3 N–H and O–H groups in total. The summed E-state index contributed by atoms with van der Waals surface area (Å²) in [6, 6.07) is 0. The predicted molar refractivity (Wildman–Crippen MR) is 38.0 cm³/mol. The molecular weight excluding hydrogens is 148 g/mol. The van der Waals surface area contributed by atoms with Gasteiger partial charge in [0.05, 0.1) is 12.2 Å². The fourth-order valence-corrected chi connectivity index (χ4v) is 1.26. The largest absolute Gasteiger partial charge is 0.388 e. The van der Waals surface area contributed by atoms with Crippen LogP contribution in [0.2, 0.25) is 0 Å². The highest BCUT2D eigenvalue weighted by Gasteiger charge is 2.39. The summed E-state index contributed by atoms with van der Waals surface area (Å²) in [6.07, 6.45) is -3.89. The van der Waals surface area contributed by atoms with Crippen molar-refractivity contribution in [2.24, 2.45) is 0 Å². The molecule has 11 heavy (non-hydrogen) atoms. The molecule has 4 heteroatoms. The second kappa shape index (κ2) is 3.06. The Morgan fingerprint density at radius 2 is 1.18 bits per heavy atom. The molecule has 0 bridgehead atoms. The minimum absolute atomic E-state index is 0.414. The summed E-state index contributed by atoms with van der Waals surface area (Å²) < 4.78 is 5.12. The Labute approximate surface area is 65.4 Å². The van der Waals surface area contributed by atoms with E-state index in [1.54, 1.807) is 13.8 Å². The normalized spacial score (nSPS) is 52.6. The topological polar surface area (TPSA) is 69.9 Å². The molecule has 0 aromatic carbocycles. The van der Waals surface area contributed by atoms with Gasteiger partial charge in [-0.05, 0) is 13.8 Å². The second-order valence-electron chi connectivity index (χ2n) is 3.02. The van der Waals surface area contributed by atoms with Gasteiger partial charge in [0.2, 0.25) is 0 Å². The number of rotatable bonds is 0. The molecule has 66 valence electrons. The lowest BCUT2D eigenvalue weighted by molar-refractivity contribution is -0.211. The molecule has 1 aliphatic heterocycles. The lowest BCUT2D eigenvalue weighted by Gasteiger charge is -2.37. The number of aliphatic hydroxyl groups excluding tert-OH is 3. The van der Waals surface area contributed by atoms with Gasteiger partial charge in [-0.1, -0.05) is 0 Å². The first kappa shape index (κ1) is 8.93. The molecule has 5 atom stereocenters. The van der Waals surface area contributed by atoms with Gasteiger partial charge < -0.3 is 20.1 Å². The number of hydrogen-bond donors (Lipinski definition) is 3. The molecule has 0 saturated carbocycles. The van der Waals surface area contributed by atoms with Crippen LogP contribution in [0.15, 0.2) is 0 Å². The summed E-state index contributed by atoms with van der Waals surface area (Å²) in [5.41, 5.74) is 0. The van der Waals surface area contributed by atoms with Crippen LogP contribution in [0.4, 0.5) is 0 Å². The zero-order chi connectivity index (χ0) is 8.59. The Morgan fingerprint density at radius 1 is 0.818 bits per heavy atom. The van der Waals surface area contributed by atoms with E-state index in [4.69, 9.17) is 4.74 Å². The van der Waals surface area contributed by atoms with Crippen molar-refractivity contribution in [1.29, 1.82) is 0 Å². The van der Waals surface area contributed by atoms with Crippen molar-refractivity contribution in [3.8, 4) is 0 Å². The lowest BCUT2D eigenvalue weighted by atomic mass is 9.97. The smallest absolute Gasteiger partial charge is 0.111 e. The number of ether oxygens (including phenoxy) is 1. The van der Waals surface area contributed by atoms with Gasteiger partial charge >= 0.3 is 0 Å². The average Bonchev–Trinajstić information content (AvgIpc) is 1.97. The standard InChI is InChI=1S/C7H14O4/c1-3-5(8)7(10)6(9)4(2)11-3/h3-10H,1-2H3/t3-,4?,5?,6+,7?/m1/s1. The van der Waals surface area contributed by atoms with Crippen molar-refractivity contribution in [3.63, 3.8) is 0 Å². The highest BCUT2D eigenvalue weighted by molar-refractivity contribution is 4.88. The number of aliphatic hydroxyl groups is 3. The van der Waals surface area contributed by atoms with Gasteiger partial charge in [-0.2, -0.15) is 0 Å². The maximum Gasteiger partial charge on any atom is 0.111 e. The molecule has 1 heterocycles. The highest BCUT2D eigenvalue weighted by Crippen LogP contribution is 2.19. The molecule has 3 unspecified atom stereocenters. The van der Waals surface area contributed by atoms with Crippen LogP contribution in [0.1, 0.15) is 13.8 Å². The van der Waals surface area contributed by atoms with Crippen molar-refractivity contribution in [1.82, 2.24) is 0 Å². The first-order chi connectivity index (χ1) is 5.04. The SMILES string of the molecule is CC1O[C@H](C)C(O)C(O)[C@H]1O. The summed E-state index contributed by atoms with van der Waals surface area (Å²) in [5.74, 6) is 0. The Morgan fingerprint density at radius 3 is 1.55 bits per heavy atom. The van der Waals surface area contributed by atoms with Crippen LogP contribution in [0.25, 0.3) is 0 Å². The van der Waals surface area contributed by atoms with Crippen LogP contribution in [-0.4, -0.2) is 45.8 Å². The van der Waals surface area contributed by atoms with E-state index in [9.17, 15) is 15.3 Å². The van der Waals surface area contributed by atoms with E-state index in [1.807, 2.05) is 0 Å². The van der Waals surface area contributed by atoms with Gasteiger partial charge in [0.1, 0.15) is 18.3 Å².